The molecule has 0 radical (unpaired) electrons. The van der Waals surface area contributed by atoms with Crippen LogP contribution < -0.4 is 19.7 Å². The van der Waals surface area contributed by atoms with Gasteiger partial charge in [-0.25, -0.2) is 9.97 Å². The topological polar surface area (TPSA) is 79.8 Å². The predicted molar refractivity (Wildman–Crippen MR) is 107 cm³/mol. The van der Waals surface area contributed by atoms with Crippen LogP contribution in [-0.2, 0) is 6.54 Å². The molecule has 0 bridgehead atoms. The number of carbonyl (C=O) groups excluding carboxylic acids is 1. The van der Waals surface area contributed by atoms with Gasteiger partial charge in [-0.05, 0) is 24.2 Å². The molecule has 1 aliphatic heterocycles. The molecule has 1 amide bonds. The molecule has 2 heterocycles. The molecule has 1 fully saturated rings. The summed E-state index contributed by atoms with van der Waals surface area (Å²) in [5.74, 6) is 1.75. The first-order valence-corrected chi connectivity index (χ1v) is 9.43. The Labute approximate surface area is 165 Å². The van der Waals surface area contributed by atoms with Crippen molar-refractivity contribution in [3.8, 4) is 11.5 Å². The van der Waals surface area contributed by atoms with Crippen LogP contribution in [-0.4, -0.2) is 67.7 Å². The van der Waals surface area contributed by atoms with Crippen LogP contribution in [0.25, 0.3) is 0 Å². The van der Waals surface area contributed by atoms with Gasteiger partial charge in [0.05, 0.1) is 19.8 Å². The fourth-order valence-electron chi connectivity index (χ4n) is 3.14. The first-order chi connectivity index (χ1) is 13.6. The summed E-state index contributed by atoms with van der Waals surface area (Å²) >= 11 is 0. The molecule has 8 heteroatoms. The largest absolute Gasteiger partial charge is 0.493 e. The van der Waals surface area contributed by atoms with Crippen LogP contribution in [0.1, 0.15) is 22.8 Å². The molecule has 1 saturated heterocycles. The summed E-state index contributed by atoms with van der Waals surface area (Å²) in [6.45, 7) is 7.42. The maximum absolute atomic E-state index is 12.4. The third-order valence-corrected chi connectivity index (χ3v) is 4.90. The van der Waals surface area contributed by atoms with Crippen LogP contribution in [0, 0.1) is 0 Å². The van der Waals surface area contributed by atoms with Crippen molar-refractivity contribution in [1.82, 2.24) is 20.2 Å². The van der Waals surface area contributed by atoms with Crippen LogP contribution in [0.3, 0.4) is 0 Å². The Balaban J connectivity index is 1.56. The van der Waals surface area contributed by atoms with Gasteiger partial charge in [0, 0.05) is 45.1 Å². The molecule has 1 aromatic heterocycles. The molecule has 1 aliphatic rings. The number of likely N-dealkylation sites (N-methyl/N-ethyl adjacent to an activating group) is 1. The molecule has 3 rings (SSSR count). The normalized spacial score (nSPS) is 14.6. The summed E-state index contributed by atoms with van der Waals surface area (Å²) in [4.78, 5) is 25.7. The number of benzene rings is 1. The van der Waals surface area contributed by atoms with E-state index in [4.69, 9.17) is 9.47 Å². The molecule has 1 aromatic carbocycles. The first-order valence-electron chi connectivity index (χ1n) is 9.43. The lowest BCUT2D eigenvalue weighted by atomic mass is 10.2. The summed E-state index contributed by atoms with van der Waals surface area (Å²) in [7, 11) is 3.17. The van der Waals surface area contributed by atoms with Crippen LogP contribution in [0.15, 0.2) is 30.6 Å². The van der Waals surface area contributed by atoms with E-state index in [1.807, 2.05) is 18.2 Å². The van der Waals surface area contributed by atoms with Crippen molar-refractivity contribution in [1.29, 1.82) is 0 Å². The fourth-order valence-corrected chi connectivity index (χ4v) is 3.14. The average molecular weight is 385 g/mol. The molecule has 0 unspecified atom stereocenters. The molecule has 0 aliphatic carbocycles. The van der Waals surface area contributed by atoms with Crippen molar-refractivity contribution in [2.45, 2.75) is 13.5 Å². The molecule has 0 spiro atoms. The van der Waals surface area contributed by atoms with Crippen molar-refractivity contribution in [3.05, 3.63) is 41.7 Å². The highest BCUT2D eigenvalue weighted by molar-refractivity contribution is 5.93. The zero-order valence-electron chi connectivity index (χ0n) is 16.6. The second kappa shape index (κ2) is 9.36. The maximum atomic E-state index is 12.4. The molecular formula is C20H27N5O3. The summed E-state index contributed by atoms with van der Waals surface area (Å²) in [6.07, 6.45) is 3.16. The zero-order chi connectivity index (χ0) is 19.9. The highest BCUT2D eigenvalue weighted by Crippen LogP contribution is 2.27. The molecule has 150 valence electrons. The van der Waals surface area contributed by atoms with E-state index in [2.05, 4.69) is 32.0 Å². The Morgan fingerprint density at radius 2 is 1.75 bits per heavy atom. The van der Waals surface area contributed by atoms with E-state index in [0.29, 0.717) is 29.6 Å². The van der Waals surface area contributed by atoms with Crippen LogP contribution >= 0.6 is 0 Å². The Bertz CT molecular complexity index is 789. The molecule has 2 aromatic rings. The van der Waals surface area contributed by atoms with E-state index in [1.165, 1.54) is 0 Å². The lowest BCUT2D eigenvalue weighted by Crippen LogP contribution is -2.46. The number of nitrogens with one attached hydrogen (secondary N) is 1. The third-order valence-electron chi connectivity index (χ3n) is 4.90. The Morgan fingerprint density at radius 3 is 2.36 bits per heavy atom. The summed E-state index contributed by atoms with van der Waals surface area (Å²) in [5, 5.41) is 2.88. The van der Waals surface area contributed by atoms with Crippen molar-refractivity contribution >= 4 is 11.9 Å². The smallest absolute Gasteiger partial charge is 0.254 e. The molecular weight excluding hydrogens is 358 g/mol. The quantitative estimate of drug-likeness (QED) is 0.775. The SMILES string of the molecule is CCN1CCN(c2ncc(C(=O)NCc3ccc(OC)c(OC)c3)cn2)CC1. The lowest BCUT2D eigenvalue weighted by Gasteiger charge is -2.33. The van der Waals surface area contributed by atoms with E-state index in [0.717, 1.165) is 38.3 Å². The van der Waals surface area contributed by atoms with Crippen LogP contribution in [0.2, 0.25) is 0 Å². The van der Waals surface area contributed by atoms with Crippen molar-refractivity contribution in [3.63, 3.8) is 0 Å². The Morgan fingerprint density at radius 1 is 1.07 bits per heavy atom. The zero-order valence-corrected chi connectivity index (χ0v) is 16.6. The average Bonchev–Trinajstić information content (AvgIpc) is 2.77. The van der Waals surface area contributed by atoms with E-state index in [1.54, 1.807) is 26.6 Å². The van der Waals surface area contributed by atoms with Gasteiger partial charge in [-0.15, -0.1) is 0 Å². The number of nitrogens with zero attached hydrogens (tertiary/aromatic N) is 4. The van der Waals surface area contributed by atoms with Gasteiger partial charge in [0.1, 0.15) is 0 Å². The second-order valence-electron chi connectivity index (χ2n) is 6.57. The molecule has 0 atom stereocenters. The van der Waals surface area contributed by atoms with E-state index in [-0.39, 0.29) is 5.91 Å². The number of rotatable bonds is 7. The third kappa shape index (κ3) is 4.69. The maximum Gasteiger partial charge on any atom is 0.254 e. The molecule has 28 heavy (non-hydrogen) atoms. The lowest BCUT2D eigenvalue weighted by molar-refractivity contribution is 0.0950. The number of carbonyl (C=O) groups is 1. The highest BCUT2D eigenvalue weighted by atomic mass is 16.5. The van der Waals surface area contributed by atoms with Gasteiger partial charge in [0.15, 0.2) is 11.5 Å². The Hall–Kier alpha value is -2.87. The van der Waals surface area contributed by atoms with Crippen molar-refractivity contribution < 1.29 is 14.3 Å². The van der Waals surface area contributed by atoms with Gasteiger partial charge in [-0.1, -0.05) is 13.0 Å². The predicted octanol–water partition coefficient (Wildman–Crippen LogP) is 1.57. The fraction of sp³-hybridized carbons (Fsp3) is 0.450. The van der Waals surface area contributed by atoms with Gasteiger partial charge in [-0.3, -0.25) is 4.79 Å². The minimum absolute atomic E-state index is 0.211. The monoisotopic (exact) mass is 385 g/mol. The number of aromatic nitrogens is 2. The van der Waals surface area contributed by atoms with E-state index in [9.17, 15) is 4.79 Å². The van der Waals surface area contributed by atoms with E-state index >= 15 is 0 Å². The first kappa shape index (κ1) is 19.9. The van der Waals surface area contributed by atoms with Crippen LogP contribution in [0.4, 0.5) is 5.95 Å². The number of hydrogen-bond donors (Lipinski definition) is 1. The van der Waals surface area contributed by atoms with E-state index < -0.39 is 0 Å². The van der Waals surface area contributed by atoms with Crippen molar-refractivity contribution in [2.24, 2.45) is 0 Å². The second-order valence-corrected chi connectivity index (χ2v) is 6.57. The number of methoxy groups -OCH3 is 2. The number of ether oxygens (including phenoxy) is 2. The molecule has 0 saturated carbocycles. The number of hydrogen-bond acceptors (Lipinski definition) is 7. The van der Waals surface area contributed by atoms with Gasteiger partial charge >= 0.3 is 0 Å². The number of amides is 1. The summed E-state index contributed by atoms with van der Waals surface area (Å²) in [6, 6.07) is 5.54. The minimum atomic E-state index is -0.211. The molecule has 1 N–H and O–H groups in total. The van der Waals surface area contributed by atoms with Gasteiger partial charge in [0.25, 0.3) is 5.91 Å². The van der Waals surface area contributed by atoms with Gasteiger partial charge in [-0.2, -0.15) is 0 Å². The highest BCUT2D eigenvalue weighted by Gasteiger charge is 2.18. The van der Waals surface area contributed by atoms with Gasteiger partial charge < -0.3 is 24.6 Å². The Kier molecular flexibility index (Phi) is 6.65. The molecule has 8 nitrogen and oxygen atoms in total. The standard InChI is InChI=1S/C20H27N5O3/c1-4-24-7-9-25(10-8-24)20-22-13-16(14-23-20)19(26)21-12-15-5-6-17(27-2)18(11-15)28-3/h5-6,11,13-14H,4,7-10,12H2,1-3H3,(H,21,26). The van der Waals surface area contributed by atoms with Gasteiger partial charge in [0.2, 0.25) is 5.95 Å². The number of piperazine rings is 1. The summed E-state index contributed by atoms with van der Waals surface area (Å²) < 4.78 is 10.5. The number of anilines is 1. The summed E-state index contributed by atoms with van der Waals surface area (Å²) in [5.41, 5.74) is 1.36. The van der Waals surface area contributed by atoms with Crippen molar-refractivity contribution in [2.75, 3.05) is 51.8 Å². The minimum Gasteiger partial charge on any atom is -0.493 e. The van der Waals surface area contributed by atoms with Crippen LogP contribution in [0.5, 0.6) is 11.5 Å².